The number of hydrogen-bond acceptors (Lipinski definition) is 2. The van der Waals surface area contributed by atoms with E-state index in [1.54, 1.807) is 0 Å². The molecule has 7 heteroatoms. The minimum Gasteiger partial charge on any atom is -0.361 e. The van der Waals surface area contributed by atoms with E-state index in [2.05, 4.69) is 74.7 Å². The number of benzene rings is 1. The highest BCUT2D eigenvalue weighted by Gasteiger charge is 2.07. The number of aromatic amines is 1. The van der Waals surface area contributed by atoms with Crippen LogP contribution in [0.1, 0.15) is 35.9 Å². The van der Waals surface area contributed by atoms with Crippen molar-refractivity contribution in [2.24, 2.45) is 4.99 Å². The number of hydrogen-bond donors (Lipinski definition) is 3. The van der Waals surface area contributed by atoms with Crippen molar-refractivity contribution < 1.29 is 0 Å². The molecule has 0 bridgehead atoms. The first-order valence-corrected chi connectivity index (χ1v) is 10.2. The minimum atomic E-state index is 0. The molecule has 0 fully saturated rings. The van der Waals surface area contributed by atoms with E-state index >= 15 is 0 Å². The summed E-state index contributed by atoms with van der Waals surface area (Å²) in [6, 6.07) is 8.66. The molecule has 0 amide bonds. The fourth-order valence-corrected chi connectivity index (χ4v) is 3.65. The SMILES string of the molecule is CCc1cccc2c(CCNC(=NC)NCCCn3nc(C)cc3C)c[nH]c12.I. The molecule has 0 aliphatic carbocycles. The molecule has 1 aromatic carbocycles. The third-order valence-electron chi connectivity index (χ3n) is 5.12. The number of aliphatic imine (C=N–C) groups is 1. The van der Waals surface area contributed by atoms with E-state index in [0.29, 0.717) is 0 Å². The Morgan fingerprint density at radius 2 is 1.97 bits per heavy atom. The maximum atomic E-state index is 4.50. The van der Waals surface area contributed by atoms with Crippen LogP contribution in [0.25, 0.3) is 10.9 Å². The average molecular weight is 508 g/mol. The van der Waals surface area contributed by atoms with Gasteiger partial charge in [0.2, 0.25) is 0 Å². The summed E-state index contributed by atoms with van der Waals surface area (Å²) in [6.45, 7) is 8.96. The zero-order valence-corrected chi connectivity index (χ0v) is 20.2. The maximum absolute atomic E-state index is 4.50. The molecule has 0 unspecified atom stereocenters. The number of guanidine groups is 1. The third kappa shape index (κ3) is 5.98. The Morgan fingerprint density at radius 3 is 2.66 bits per heavy atom. The minimum absolute atomic E-state index is 0. The summed E-state index contributed by atoms with van der Waals surface area (Å²) >= 11 is 0. The van der Waals surface area contributed by atoms with Crippen LogP contribution in [0.5, 0.6) is 0 Å². The van der Waals surface area contributed by atoms with Crippen LogP contribution in [0, 0.1) is 13.8 Å². The molecular formula is C22H33IN6. The van der Waals surface area contributed by atoms with Crippen molar-refractivity contribution in [1.82, 2.24) is 25.4 Å². The standard InChI is InChI=1S/C22H32N6.HI/c1-5-18-8-6-9-20-19(15-26-21(18)20)10-12-25-22(23-4)24-11-7-13-28-17(3)14-16(2)27-28;/h6,8-9,14-15,26H,5,7,10-13H2,1-4H3,(H2,23,24,25);1H. The summed E-state index contributed by atoms with van der Waals surface area (Å²) in [7, 11) is 1.82. The van der Waals surface area contributed by atoms with Crippen molar-refractivity contribution in [2.75, 3.05) is 20.1 Å². The molecule has 3 N–H and O–H groups in total. The number of aromatic nitrogens is 3. The topological polar surface area (TPSA) is 70.0 Å². The number of aryl methyl sites for hydroxylation is 4. The second-order valence-electron chi connectivity index (χ2n) is 7.19. The van der Waals surface area contributed by atoms with Gasteiger partial charge in [-0.2, -0.15) is 5.10 Å². The quantitative estimate of drug-likeness (QED) is 0.187. The summed E-state index contributed by atoms with van der Waals surface area (Å²) < 4.78 is 2.06. The molecular weight excluding hydrogens is 475 g/mol. The molecule has 2 heterocycles. The Bertz CT molecular complexity index is 940. The molecule has 0 radical (unpaired) electrons. The second kappa shape index (κ2) is 11.2. The number of fused-ring (bicyclic) bond motifs is 1. The van der Waals surface area contributed by atoms with Crippen LogP contribution in [0.4, 0.5) is 0 Å². The molecule has 0 aliphatic heterocycles. The molecule has 0 saturated carbocycles. The molecule has 2 aromatic heterocycles. The number of H-pyrrole nitrogens is 1. The van der Waals surface area contributed by atoms with Crippen molar-refractivity contribution in [2.45, 2.75) is 46.6 Å². The number of rotatable bonds is 8. The van der Waals surface area contributed by atoms with Gasteiger partial charge in [0.1, 0.15) is 0 Å². The van der Waals surface area contributed by atoms with E-state index in [1.807, 2.05) is 14.0 Å². The van der Waals surface area contributed by atoms with Gasteiger partial charge in [-0.1, -0.05) is 25.1 Å². The summed E-state index contributed by atoms with van der Waals surface area (Å²) in [5, 5.41) is 12.6. The Balaban J connectivity index is 0.00000300. The smallest absolute Gasteiger partial charge is 0.190 e. The lowest BCUT2D eigenvalue weighted by Gasteiger charge is -2.12. The second-order valence-corrected chi connectivity index (χ2v) is 7.19. The summed E-state index contributed by atoms with van der Waals surface area (Å²) in [4.78, 5) is 7.77. The van der Waals surface area contributed by atoms with Gasteiger partial charge in [-0.3, -0.25) is 9.67 Å². The Kier molecular flexibility index (Phi) is 9.00. The molecule has 158 valence electrons. The van der Waals surface area contributed by atoms with Crippen molar-refractivity contribution in [3.8, 4) is 0 Å². The molecule has 29 heavy (non-hydrogen) atoms. The number of nitrogens with zero attached hydrogens (tertiary/aromatic N) is 3. The van der Waals surface area contributed by atoms with Gasteiger partial charge in [-0.25, -0.2) is 0 Å². The van der Waals surface area contributed by atoms with Crippen LogP contribution < -0.4 is 10.6 Å². The normalized spacial score (nSPS) is 11.5. The first kappa shape index (κ1) is 23.3. The Hall–Kier alpha value is -2.03. The lowest BCUT2D eigenvalue weighted by atomic mass is 10.1. The van der Waals surface area contributed by atoms with Gasteiger partial charge in [0.05, 0.1) is 5.69 Å². The van der Waals surface area contributed by atoms with Gasteiger partial charge in [0.25, 0.3) is 0 Å². The van der Waals surface area contributed by atoms with Crippen molar-refractivity contribution in [3.63, 3.8) is 0 Å². The van der Waals surface area contributed by atoms with Gasteiger partial charge in [-0.05, 0) is 50.3 Å². The van der Waals surface area contributed by atoms with E-state index < -0.39 is 0 Å². The van der Waals surface area contributed by atoms with Crippen LogP contribution in [0.3, 0.4) is 0 Å². The van der Waals surface area contributed by atoms with Gasteiger partial charge in [0.15, 0.2) is 5.96 Å². The molecule has 0 aliphatic rings. The fourth-order valence-electron chi connectivity index (χ4n) is 3.65. The number of nitrogens with one attached hydrogen (secondary N) is 3. The Labute approximate surface area is 190 Å². The first-order chi connectivity index (χ1) is 13.6. The highest BCUT2D eigenvalue weighted by Crippen LogP contribution is 2.22. The van der Waals surface area contributed by atoms with Gasteiger partial charge in [-0.15, -0.1) is 24.0 Å². The predicted octanol–water partition coefficient (Wildman–Crippen LogP) is 3.96. The molecule has 0 saturated heterocycles. The number of halogens is 1. The predicted molar refractivity (Wildman–Crippen MR) is 132 cm³/mol. The zero-order valence-electron chi connectivity index (χ0n) is 17.9. The Morgan fingerprint density at radius 1 is 1.17 bits per heavy atom. The van der Waals surface area contributed by atoms with E-state index in [0.717, 1.165) is 50.6 Å². The van der Waals surface area contributed by atoms with Crippen molar-refractivity contribution >= 4 is 40.8 Å². The van der Waals surface area contributed by atoms with Crippen LogP contribution in [0.2, 0.25) is 0 Å². The van der Waals surface area contributed by atoms with Crippen LogP contribution in [0.15, 0.2) is 35.5 Å². The molecule has 0 spiro atoms. The zero-order chi connectivity index (χ0) is 19.9. The van der Waals surface area contributed by atoms with Crippen LogP contribution in [-0.4, -0.2) is 40.9 Å². The first-order valence-electron chi connectivity index (χ1n) is 10.2. The van der Waals surface area contributed by atoms with Gasteiger partial charge in [0, 0.05) is 49.5 Å². The lowest BCUT2D eigenvalue weighted by molar-refractivity contribution is 0.555. The highest BCUT2D eigenvalue weighted by molar-refractivity contribution is 14.0. The van der Waals surface area contributed by atoms with Crippen LogP contribution >= 0.6 is 24.0 Å². The average Bonchev–Trinajstić information content (AvgIpc) is 3.25. The van der Waals surface area contributed by atoms with Crippen molar-refractivity contribution in [3.05, 3.63) is 53.0 Å². The van der Waals surface area contributed by atoms with Gasteiger partial charge < -0.3 is 15.6 Å². The molecule has 3 aromatic rings. The summed E-state index contributed by atoms with van der Waals surface area (Å²) in [6.07, 6.45) is 5.14. The fraction of sp³-hybridized carbons (Fsp3) is 0.455. The lowest BCUT2D eigenvalue weighted by Crippen LogP contribution is -2.39. The van der Waals surface area contributed by atoms with Crippen molar-refractivity contribution in [1.29, 1.82) is 0 Å². The van der Waals surface area contributed by atoms with E-state index in [4.69, 9.17) is 0 Å². The van der Waals surface area contributed by atoms with E-state index in [1.165, 1.54) is 27.7 Å². The molecule has 3 rings (SSSR count). The molecule has 0 atom stereocenters. The summed E-state index contributed by atoms with van der Waals surface area (Å²) in [5.74, 6) is 0.849. The van der Waals surface area contributed by atoms with Gasteiger partial charge >= 0.3 is 0 Å². The van der Waals surface area contributed by atoms with E-state index in [-0.39, 0.29) is 24.0 Å². The third-order valence-corrected chi connectivity index (χ3v) is 5.12. The summed E-state index contributed by atoms with van der Waals surface area (Å²) in [5.41, 5.74) is 6.28. The highest BCUT2D eigenvalue weighted by atomic mass is 127. The van der Waals surface area contributed by atoms with E-state index in [9.17, 15) is 0 Å². The number of para-hydroxylation sites is 1. The maximum Gasteiger partial charge on any atom is 0.190 e. The largest absolute Gasteiger partial charge is 0.361 e. The monoisotopic (exact) mass is 508 g/mol. The molecule has 6 nitrogen and oxygen atoms in total. The van der Waals surface area contributed by atoms with Crippen LogP contribution in [-0.2, 0) is 19.4 Å².